The quantitative estimate of drug-likeness (QED) is 0.338. The molecule has 1 amide bonds. The molecule has 0 aliphatic carbocycles. The van der Waals surface area contributed by atoms with Crippen molar-refractivity contribution in [2.75, 3.05) is 25.1 Å². The second kappa shape index (κ2) is 13.5. The van der Waals surface area contributed by atoms with Crippen molar-refractivity contribution >= 4 is 11.7 Å². The molecule has 1 atom stereocenters. The fourth-order valence-electron chi connectivity index (χ4n) is 3.64. The number of rotatable bonds is 14. The molecule has 0 aliphatic rings. The van der Waals surface area contributed by atoms with E-state index in [9.17, 15) is 9.18 Å². The van der Waals surface area contributed by atoms with Crippen LogP contribution in [0.2, 0.25) is 0 Å². The fourth-order valence-corrected chi connectivity index (χ4v) is 3.64. The first-order chi connectivity index (χ1) is 16.9. The summed E-state index contributed by atoms with van der Waals surface area (Å²) >= 11 is 0. The molecule has 8 nitrogen and oxygen atoms in total. The van der Waals surface area contributed by atoms with Crippen LogP contribution in [-0.2, 0) is 22.4 Å². The average molecular weight is 483 g/mol. The molecule has 0 aliphatic heterocycles. The van der Waals surface area contributed by atoms with Gasteiger partial charge in [-0.2, -0.15) is 4.98 Å². The Bertz CT molecular complexity index is 1040. The SMILES string of the molecule is CCOCCCNC(=O)C(CC(C)C)Nc1cc(CCc2ccc(F)cc2)nc(-n2ccnc2)n1. The highest BCUT2D eigenvalue weighted by Crippen LogP contribution is 2.17. The number of aromatic nitrogens is 4. The molecular weight excluding hydrogens is 447 g/mol. The zero-order valence-electron chi connectivity index (χ0n) is 20.7. The van der Waals surface area contributed by atoms with Crippen LogP contribution in [0.4, 0.5) is 10.2 Å². The van der Waals surface area contributed by atoms with Gasteiger partial charge in [0.2, 0.25) is 11.9 Å². The lowest BCUT2D eigenvalue weighted by Crippen LogP contribution is -2.41. The van der Waals surface area contributed by atoms with Gasteiger partial charge < -0.3 is 15.4 Å². The van der Waals surface area contributed by atoms with E-state index in [0.717, 1.165) is 17.7 Å². The van der Waals surface area contributed by atoms with Gasteiger partial charge >= 0.3 is 0 Å². The second-order valence-corrected chi connectivity index (χ2v) is 8.81. The standard InChI is InChI=1S/C26H35FN6O2/c1-4-35-15-5-12-29-25(34)23(16-19(2)3)31-24-17-22(11-8-20-6-9-21(27)10-7-20)30-26(32-24)33-14-13-28-18-33/h6-7,9-10,13-14,17-19,23H,4-5,8,11-12,15-16H2,1-3H3,(H,29,34)(H,30,31,32). The Hall–Kier alpha value is -3.33. The lowest BCUT2D eigenvalue weighted by molar-refractivity contribution is -0.122. The topological polar surface area (TPSA) is 94.0 Å². The van der Waals surface area contributed by atoms with Crippen molar-refractivity contribution in [3.05, 3.63) is 66.1 Å². The molecule has 0 radical (unpaired) electrons. The largest absolute Gasteiger partial charge is 0.382 e. The Kier molecular flexibility index (Phi) is 10.2. The summed E-state index contributed by atoms with van der Waals surface area (Å²) in [6.45, 7) is 7.97. The Balaban J connectivity index is 1.76. The van der Waals surface area contributed by atoms with E-state index >= 15 is 0 Å². The van der Waals surface area contributed by atoms with Crippen molar-refractivity contribution in [3.8, 4) is 5.95 Å². The summed E-state index contributed by atoms with van der Waals surface area (Å²) in [4.78, 5) is 26.4. The van der Waals surface area contributed by atoms with Crippen LogP contribution in [0.5, 0.6) is 0 Å². The monoisotopic (exact) mass is 482 g/mol. The smallest absolute Gasteiger partial charge is 0.242 e. The molecule has 188 valence electrons. The normalized spacial score (nSPS) is 12.0. The van der Waals surface area contributed by atoms with Crippen molar-refractivity contribution in [2.24, 2.45) is 5.92 Å². The van der Waals surface area contributed by atoms with Crippen LogP contribution in [0.3, 0.4) is 0 Å². The number of nitrogens with one attached hydrogen (secondary N) is 2. The minimum absolute atomic E-state index is 0.0640. The Morgan fingerprint density at radius 3 is 2.66 bits per heavy atom. The summed E-state index contributed by atoms with van der Waals surface area (Å²) in [7, 11) is 0. The van der Waals surface area contributed by atoms with Gasteiger partial charge in [-0.1, -0.05) is 26.0 Å². The van der Waals surface area contributed by atoms with Gasteiger partial charge in [-0.15, -0.1) is 0 Å². The maximum Gasteiger partial charge on any atom is 0.242 e. The number of hydrogen-bond acceptors (Lipinski definition) is 6. The number of halogens is 1. The third kappa shape index (κ3) is 8.75. The first-order valence-corrected chi connectivity index (χ1v) is 12.2. The molecule has 1 aromatic carbocycles. The number of ether oxygens (including phenoxy) is 1. The van der Waals surface area contributed by atoms with Gasteiger partial charge in [-0.05, 0) is 56.2 Å². The minimum Gasteiger partial charge on any atom is -0.382 e. The molecule has 35 heavy (non-hydrogen) atoms. The molecule has 9 heteroatoms. The van der Waals surface area contributed by atoms with Crippen molar-refractivity contribution < 1.29 is 13.9 Å². The van der Waals surface area contributed by atoms with E-state index < -0.39 is 6.04 Å². The van der Waals surface area contributed by atoms with Crippen LogP contribution >= 0.6 is 0 Å². The maximum atomic E-state index is 13.2. The number of nitrogens with zero attached hydrogens (tertiary/aromatic N) is 4. The van der Waals surface area contributed by atoms with Crippen LogP contribution in [0.15, 0.2) is 49.1 Å². The van der Waals surface area contributed by atoms with Gasteiger partial charge in [0.05, 0.1) is 0 Å². The third-order valence-electron chi connectivity index (χ3n) is 5.40. The molecule has 2 aromatic heterocycles. The number of aryl methyl sites for hydroxylation is 2. The maximum absolute atomic E-state index is 13.2. The van der Waals surface area contributed by atoms with E-state index in [2.05, 4.69) is 39.4 Å². The van der Waals surface area contributed by atoms with Gasteiger partial charge in [-0.3, -0.25) is 9.36 Å². The Labute approximate surface area is 206 Å². The van der Waals surface area contributed by atoms with Crippen LogP contribution in [0.25, 0.3) is 5.95 Å². The predicted molar refractivity (Wildman–Crippen MR) is 134 cm³/mol. The van der Waals surface area contributed by atoms with Crippen LogP contribution in [0.1, 0.15) is 44.9 Å². The van der Waals surface area contributed by atoms with E-state index in [4.69, 9.17) is 4.74 Å². The number of benzene rings is 1. The molecule has 3 rings (SSSR count). The Morgan fingerprint density at radius 1 is 1.17 bits per heavy atom. The number of carbonyl (C=O) groups is 1. The lowest BCUT2D eigenvalue weighted by atomic mass is 10.0. The summed E-state index contributed by atoms with van der Waals surface area (Å²) in [5.74, 6) is 1.05. The highest BCUT2D eigenvalue weighted by Gasteiger charge is 2.21. The average Bonchev–Trinajstić information content (AvgIpc) is 3.38. The van der Waals surface area contributed by atoms with Gasteiger partial charge in [0.25, 0.3) is 0 Å². The Morgan fingerprint density at radius 2 is 1.97 bits per heavy atom. The van der Waals surface area contributed by atoms with Crippen molar-refractivity contribution in [2.45, 2.75) is 52.5 Å². The van der Waals surface area contributed by atoms with Crippen molar-refractivity contribution in [3.63, 3.8) is 0 Å². The van der Waals surface area contributed by atoms with E-state index in [1.54, 1.807) is 35.4 Å². The molecule has 0 saturated carbocycles. The molecule has 3 aromatic rings. The summed E-state index contributed by atoms with van der Waals surface area (Å²) < 4.78 is 20.3. The number of imidazole rings is 1. The van der Waals surface area contributed by atoms with E-state index in [1.807, 2.05) is 13.0 Å². The number of carbonyl (C=O) groups excluding carboxylic acids is 1. The fraction of sp³-hybridized carbons (Fsp3) is 0.462. The zero-order chi connectivity index (χ0) is 25.0. The van der Waals surface area contributed by atoms with Crippen molar-refractivity contribution in [1.82, 2.24) is 24.8 Å². The van der Waals surface area contributed by atoms with Gasteiger partial charge in [0.1, 0.15) is 24.0 Å². The summed E-state index contributed by atoms with van der Waals surface area (Å²) in [5.41, 5.74) is 1.84. The molecule has 2 heterocycles. The van der Waals surface area contributed by atoms with Gasteiger partial charge in [-0.25, -0.2) is 14.4 Å². The molecular formula is C26H35FN6O2. The van der Waals surface area contributed by atoms with Crippen LogP contribution in [0, 0.1) is 11.7 Å². The van der Waals surface area contributed by atoms with Gasteiger partial charge in [0.15, 0.2) is 0 Å². The van der Waals surface area contributed by atoms with E-state index in [0.29, 0.717) is 56.7 Å². The first kappa shape index (κ1) is 26.3. The van der Waals surface area contributed by atoms with Crippen LogP contribution in [-0.4, -0.2) is 51.2 Å². The molecule has 0 fully saturated rings. The lowest BCUT2D eigenvalue weighted by Gasteiger charge is -2.21. The molecule has 1 unspecified atom stereocenters. The number of hydrogen-bond donors (Lipinski definition) is 2. The van der Waals surface area contributed by atoms with E-state index in [1.165, 1.54) is 12.1 Å². The number of amides is 1. The predicted octanol–water partition coefficient (Wildman–Crippen LogP) is 3.96. The molecule has 0 saturated heterocycles. The summed E-state index contributed by atoms with van der Waals surface area (Å²) in [5, 5.41) is 6.34. The zero-order valence-corrected chi connectivity index (χ0v) is 20.7. The molecule has 2 N–H and O–H groups in total. The van der Waals surface area contributed by atoms with E-state index in [-0.39, 0.29) is 11.7 Å². The second-order valence-electron chi connectivity index (χ2n) is 8.81. The highest BCUT2D eigenvalue weighted by molar-refractivity contribution is 5.84. The first-order valence-electron chi connectivity index (χ1n) is 12.2. The van der Waals surface area contributed by atoms with Gasteiger partial charge in [0, 0.05) is 43.9 Å². The molecule has 0 spiro atoms. The minimum atomic E-state index is -0.433. The summed E-state index contributed by atoms with van der Waals surface area (Å²) in [6, 6.07) is 7.92. The number of anilines is 1. The highest BCUT2D eigenvalue weighted by atomic mass is 19.1. The summed E-state index contributed by atoms with van der Waals surface area (Å²) in [6.07, 6.45) is 7.85. The third-order valence-corrected chi connectivity index (χ3v) is 5.40. The van der Waals surface area contributed by atoms with Crippen molar-refractivity contribution in [1.29, 1.82) is 0 Å². The van der Waals surface area contributed by atoms with Crippen LogP contribution < -0.4 is 10.6 Å². The molecule has 0 bridgehead atoms.